The highest BCUT2D eigenvalue weighted by Crippen LogP contribution is 2.19. The van der Waals surface area contributed by atoms with E-state index in [9.17, 15) is 10.2 Å². The maximum Gasteiger partial charge on any atom is 0.111 e. The van der Waals surface area contributed by atoms with Gasteiger partial charge in [0.1, 0.15) is 18.3 Å². The Hall–Kier alpha value is -0.200. The van der Waals surface area contributed by atoms with Gasteiger partial charge in [0.05, 0.1) is 18.8 Å². The Balaban J connectivity index is 2.48. The van der Waals surface area contributed by atoms with Crippen molar-refractivity contribution in [2.24, 2.45) is 0 Å². The minimum atomic E-state index is -1.18. The second-order valence-corrected chi connectivity index (χ2v) is 3.51. The monoisotopic (exact) mass is 192 g/mol. The second-order valence-electron chi connectivity index (χ2n) is 3.51. The summed E-state index contributed by atoms with van der Waals surface area (Å²) < 4.78 is 5.06. The number of hydrogen-bond acceptors (Lipinski definition) is 5. The van der Waals surface area contributed by atoms with Gasteiger partial charge in [-0.15, -0.1) is 0 Å². The average Bonchev–Trinajstić information content (AvgIpc) is 2.06. The fourth-order valence-corrected chi connectivity index (χ4v) is 1.41. The third-order valence-corrected chi connectivity index (χ3v) is 2.18. The molecule has 0 aromatic heterocycles. The molecule has 1 fully saturated rings. The summed E-state index contributed by atoms with van der Waals surface area (Å²) >= 11 is 0. The van der Waals surface area contributed by atoms with Crippen LogP contribution in [0.4, 0.5) is 0 Å². The quantitative estimate of drug-likeness (QED) is 0.416. The van der Waals surface area contributed by atoms with E-state index in [0.717, 1.165) is 0 Å². The molecule has 0 aliphatic carbocycles. The molecule has 0 radical (unpaired) electrons. The fraction of sp³-hybridized carbons (Fsp3) is 1.00. The Labute approximate surface area is 76.6 Å². The first-order valence-corrected chi connectivity index (χ1v) is 4.36. The molecule has 1 aliphatic heterocycles. The molecular weight excluding hydrogens is 176 g/mol. The standard InChI is InChI=1S/C8H16O5/c1-4(9)2-6-8(12)7(11)5(10)3-13-6/h4-12H,2-3H2,1H3/t4-,5+,6-,7-,8-/m0/s1. The molecule has 1 rings (SSSR count). The van der Waals surface area contributed by atoms with Gasteiger partial charge in [-0.2, -0.15) is 0 Å². The van der Waals surface area contributed by atoms with Crippen molar-refractivity contribution in [3.05, 3.63) is 0 Å². The van der Waals surface area contributed by atoms with Gasteiger partial charge in [0.15, 0.2) is 0 Å². The summed E-state index contributed by atoms with van der Waals surface area (Å²) in [6.45, 7) is 1.57. The molecule has 1 heterocycles. The van der Waals surface area contributed by atoms with E-state index in [1.165, 1.54) is 0 Å². The number of hydrogen-bond donors (Lipinski definition) is 4. The number of aliphatic hydroxyl groups is 4. The Morgan fingerprint density at radius 3 is 2.46 bits per heavy atom. The van der Waals surface area contributed by atoms with E-state index < -0.39 is 30.5 Å². The van der Waals surface area contributed by atoms with Crippen LogP contribution in [0.15, 0.2) is 0 Å². The van der Waals surface area contributed by atoms with Gasteiger partial charge in [0.25, 0.3) is 0 Å². The maximum absolute atomic E-state index is 9.41. The minimum absolute atomic E-state index is 0.00435. The van der Waals surface area contributed by atoms with Crippen molar-refractivity contribution in [1.82, 2.24) is 0 Å². The van der Waals surface area contributed by atoms with E-state index in [1.54, 1.807) is 6.92 Å². The molecule has 1 aliphatic rings. The first-order chi connectivity index (χ1) is 6.02. The van der Waals surface area contributed by atoms with E-state index in [0.29, 0.717) is 0 Å². The van der Waals surface area contributed by atoms with E-state index in [4.69, 9.17) is 14.9 Å². The van der Waals surface area contributed by atoms with Crippen LogP contribution < -0.4 is 0 Å². The predicted octanol–water partition coefficient (Wildman–Crippen LogP) is -1.76. The lowest BCUT2D eigenvalue weighted by Crippen LogP contribution is -2.53. The maximum atomic E-state index is 9.41. The van der Waals surface area contributed by atoms with E-state index in [-0.39, 0.29) is 13.0 Å². The molecule has 1 saturated heterocycles. The van der Waals surface area contributed by atoms with Crippen molar-refractivity contribution in [2.75, 3.05) is 6.61 Å². The Morgan fingerprint density at radius 1 is 1.31 bits per heavy atom. The SMILES string of the molecule is C[C@H](O)C[C@@H]1OC[C@@H](O)[C@H](O)[C@H]1O. The largest absolute Gasteiger partial charge is 0.393 e. The van der Waals surface area contributed by atoms with Gasteiger partial charge in [-0.05, 0) is 6.92 Å². The van der Waals surface area contributed by atoms with Crippen LogP contribution >= 0.6 is 0 Å². The van der Waals surface area contributed by atoms with Crippen molar-refractivity contribution >= 4 is 0 Å². The Morgan fingerprint density at radius 2 is 1.92 bits per heavy atom. The summed E-state index contributed by atoms with van der Waals surface area (Å²) in [6, 6.07) is 0. The summed E-state index contributed by atoms with van der Waals surface area (Å²) in [7, 11) is 0. The van der Waals surface area contributed by atoms with Crippen molar-refractivity contribution < 1.29 is 25.2 Å². The van der Waals surface area contributed by atoms with Gasteiger partial charge in [0, 0.05) is 6.42 Å². The second kappa shape index (κ2) is 4.34. The first kappa shape index (κ1) is 10.9. The molecule has 0 spiro atoms. The summed E-state index contributed by atoms with van der Waals surface area (Å²) in [5, 5.41) is 36.8. The molecule has 0 saturated carbocycles. The van der Waals surface area contributed by atoms with Gasteiger partial charge in [-0.3, -0.25) is 0 Å². The zero-order chi connectivity index (χ0) is 10.0. The number of ether oxygens (including phenoxy) is 1. The fourth-order valence-electron chi connectivity index (χ4n) is 1.41. The van der Waals surface area contributed by atoms with Crippen LogP contribution in [0.25, 0.3) is 0 Å². The Bertz CT molecular complexity index is 161. The van der Waals surface area contributed by atoms with Crippen LogP contribution in [0.2, 0.25) is 0 Å². The zero-order valence-corrected chi connectivity index (χ0v) is 7.50. The van der Waals surface area contributed by atoms with Crippen molar-refractivity contribution in [3.63, 3.8) is 0 Å². The van der Waals surface area contributed by atoms with Gasteiger partial charge in [-0.1, -0.05) is 0 Å². The molecule has 13 heavy (non-hydrogen) atoms. The molecular formula is C8H16O5. The average molecular weight is 192 g/mol. The highest BCUT2D eigenvalue weighted by molar-refractivity contribution is 4.87. The van der Waals surface area contributed by atoms with Crippen molar-refractivity contribution in [3.8, 4) is 0 Å². The third kappa shape index (κ3) is 2.62. The molecule has 5 heteroatoms. The first-order valence-electron chi connectivity index (χ1n) is 4.36. The summed E-state index contributed by atoms with van der Waals surface area (Å²) in [6.07, 6.45) is -4.29. The van der Waals surface area contributed by atoms with Crippen LogP contribution in [-0.2, 0) is 4.74 Å². The molecule has 0 unspecified atom stereocenters. The molecule has 0 aromatic rings. The highest BCUT2D eigenvalue weighted by atomic mass is 16.5. The molecule has 4 N–H and O–H groups in total. The van der Waals surface area contributed by atoms with E-state index >= 15 is 0 Å². The smallest absolute Gasteiger partial charge is 0.111 e. The normalized spacial score (nSPS) is 43.2. The molecule has 5 nitrogen and oxygen atoms in total. The molecule has 5 atom stereocenters. The number of rotatable bonds is 2. The molecule has 0 bridgehead atoms. The van der Waals surface area contributed by atoms with E-state index in [1.807, 2.05) is 0 Å². The van der Waals surface area contributed by atoms with Crippen molar-refractivity contribution in [1.29, 1.82) is 0 Å². The minimum Gasteiger partial charge on any atom is -0.393 e. The lowest BCUT2D eigenvalue weighted by Gasteiger charge is -2.35. The zero-order valence-electron chi connectivity index (χ0n) is 7.50. The Kier molecular flexibility index (Phi) is 3.63. The van der Waals surface area contributed by atoms with Gasteiger partial charge in [0.2, 0.25) is 0 Å². The molecule has 0 amide bonds. The van der Waals surface area contributed by atoms with Crippen LogP contribution in [0.3, 0.4) is 0 Å². The van der Waals surface area contributed by atoms with Gasteiger partial charge >= 0.3 is 0 Å². The topological polar surface area (TPSA) is 90.2 Å². The number of aliphatic hydroxyl groups excluding tert-OH is 4. The third-order valence-electron chi connectivity index (χ3n) is 2.18. The summed E-state index contributed by atoms with van der Waals surface area (Å²) in [5.74, 6) is 0. The molecule has 0 aromatic carbocycles. The summed E-state index contributed by atoms with van der Waals surface area (Å²) in [4.78, 5) is 0. The highest BCUT2D eigenvalue weighted by Gasteiger charge is 2.37. The molecule has 78 valence electrons. The van der Waals surface area contributed by atoms with Crippen LogP contribution in [0.1, 0.15) is 13.3 Å². The van der Waals surface area contributed by atoms with Crippen molar-refractivity contribution in [2.45, 2.75) is 43.9 Å². The van der Waals surface area contributed by atoms with Crippen LogP contribution in [-0.4, -0.2) is 57.6 Å². The predicted molar refractivity (Wildman–Crippen MR) is 44.1 cm³/mol. The van der Waals surface area contributed by atoms with Gasteiger partial charge < -0.3 is 25.2 Å². The van der Waals surface area contributed by atoms with E-state index in [2.05, 4.69) is 0 Å². The lowest BCUT2D eigenvalue weighted by molar-refractivity contribution is -0.192. The lowest BCUT2D eigenvalue weighted by atomic mass is 9.96. The van der Waals surface area contributed by atoms with Crippen LogP contribution in [0.5, 0.6) is 0 Å². The van der Waals surface area contributed by atoms with Crippen LogP contribution in [0, 0.1) is 0 Å². The summed E-state index contributed by atoms with van der Waals surface area (Å²) in [5.41, 5.74) is 0. The van der Waals surface area contributed by atoms with Gasteiger partial charge in [-0.25, -0.2) is 0 Å².